The highest BCUT2D eigenvalue weighted by Gasteiger charge is 2.48. The average Bonchev–Trinajstić information content (AvgIpc) is 2.17. The Hall–Kier alpha value is -1.34. The highest BCUT2D eigenvalue weighted by atomic mass is 19.3. The first kappa shape index (κ1) is 14.7. The molecule has 0 aromatic carbocycles. The van der Waals surface area contributed by atoms with Crippen LogP contribution in [0.15, 0.2) is 0 Å². The zero-order valence-electron chi connectivity index (χ0n) is 8.34. The van der Waals surface area contributed by atoms with E-state index in [4.69, 9.17) is 5.11 Å². The van der Waals surface area contributed by atoms with Gasteiger partial charge >= 0.3 is 18.3 Å². The molecule has 1 unspecified atom stereocenters. The summed E-state index contributed by atoms with van der Waals surface area (Å²) in [6.45, 7) is 0.864. The second-order valence-corrected chi connectivity index (χ2v) is 3.08. The van der Waals surface area contributed by atoms with Gasteiger partial charge in [0.25, 0.3) is 5.91 Å². The number of rotatable bonds is 6. The monoisotopic (exact) mass is 245 g/mol. The number of hydrogen-bond donors (Lipinski definition) is 2. The summed E-state index contributed by atoms with van der Waals surface area (Å²) in [6, 6.07) is 0. The van der Waals surface area contributed by atoms with E-state index in [0.29, 0.717) is 0 Å². The van der Waals surface area contributed by atoms with Crippen molar-refractivity contribution in [3.63, 3.8) is 0 Å². The molecule has 0 saturated heterocycles. The van der Waals surface area contributed by atoms with Gasteiger partial charge in [-0.3, -0.25) is 9.59 Å². The molecule has 8 heteroatoms. The molecule has 1 amide bonds. The third-order valence-electron chi connectivity index (χ3n) is 1.93. The molecule has 1 atom stereocenters. The molecule has 0 radical (unpaired) electrons. The molecule has 0 aromatic heterocycles. The summed E-state index contributed by atoms with van der Waals surface area (Å²) in [4.78, 5) is 21.1. The van der Waals surface area contributed by atoms with E-state index < -0.39 is 36.7 Å². The Morgan fingerprint density at radius 3 is 2.19 bits per heavy atom. The fourth-order valence-corrected chi connectivity index (χ4v) is 0.839. The van der Waals surface area contributed by atoms with Crippen LogP contribution in [0.5, 0.6) is 0 Å². The molecule has 4 nitrogen and oxygen atoms in total. The smallest absolute Gasteiger partial charge is 0.383 e. The summed E-state index contributed by atoms with van der Waals surface area (Å²) in [7, 11) is 0. The van der Waals surface area contributed by atoms with Gasteiger partial charge in [-0.2, -0.15) is 8.78 Å². The Labute approximate surface area is 88.6 Å². The Bertz CT molecular complexity index is 270. The predicted molar refractivity (Wildman–Crippen MR) is 45.4 cm³/mol. The zero-order chi connectivity index (χ0) is 12.9. The third-order valence-corrected chi connectivity index (χ3v) is 1.93. The molecule has 0 aliphatic rings. The minimum Gasteiger partial charge on any atom is -0.481 e. The Balaban J connectivity index is 4.32. The molecule has 0 rings (SSSR count). The molecular weight excluding hydrogens is 234 g/mol. The van der Waals surface area contributed by atoms with Gasteiger partial charge in [0.1, 0.15) is 0 Å². The molecule has 0 bridgehead atoms. The first-order valence-corrected chi connectivity index (χ1v) is 4.40. The van der Waals surface area contributed by atoms with Gasteiger partial charge in [0.15, 0.2) is 0 Å². The Morgan fingerprint density at radius 1 is 1.38 bits per heavy atom. The number of carboxylic acid groups (broad SMARTS) is 1. The summed E-state index contributed by atoms with van der Waals surface area (Å²) >= 11 is 0. The molecule has 0 aliphatic heterocycles. The van der Waals surface area contributed by atoms with E-state index >= 15 is 0 Å². The molecule has 0 aliphatic carbocycles. The van der Waals surface area contributed by atoms with Crippen LogP contribution in [0.25, 0.3) is 0 Å². The number of hydrogen-bond acceptors (Lipinski definition) is 2. The highest BCUT2D eigenvalue weighted by Crippen LogP contribution is 2.22. The van der Waals surface area contributed by atoms with Crippen LogP contribution in [0.1, 0.15) is 13.3 Å². The summed E-state index contributed by atoms with van der Waals surface area (Å²) in [5, 5.41) is 10.00. The maximum absolute atomic E-state index is 12.4. The van der Waals surface area contributed by atoms with Crippen LogP contribution in [0.4, 0.5) is 17.6 Å². The molecular formula is C8H11F4NO3. The van der Waals surface area contributed by atoms with E-state index in [-0.39, 0.29) is 6.42 Å². The molecule has 16 heavy (non-hydrogen) atoms. The predicted octanol–water partition coefficient (Wildman–Crippen LogP) is 1.11. The van der Waals surface area contributed by atoms with E-state index in [1.54, 1.807) is 0 Å². The van der Waals surface area contributed by atoms with Gasteiger partial charge in [0.05, 0.1) is 5.92 Å². The number of carboxylic acids is 1. The van der Waals surface area contributed by atoms with Gasteiger partial charge in [-0.15, -0.1) is 0 Å². The van der Waals surface area contributed by atoms with Crippen LogP contribution in [-0.4, -0.2) is 35.9 Å². The van der Waals surface area contributed by atoms with Crippen molar-refractivity contribution in [2.75, 3.05) is 6.54 Å². The zero-order valence-corrected chi connectivity index (χ0v) is 8.34. The van der Waals surface area contributed by atoms with Crippen LogP contribution in [-0.2, 0) is 9.59 Å². The number of halogens is 4. The van der Waals surface area contributed by atoms with Crippen molar-refractivity contribution < 1.29 is 32.3 Å². The van der Waals surface area contributed by atoms with Gasteiger partial charge in [-0.1, -0.05) is 6.92 Å². The second-order valence-electron chi connectivity index (χ2n) is 3.08. The molecule has 0 spiro atoms. The topological polar surface area (TPSA) is 66.4 Å². The van der Waals surface area contributed by atoms with Crippen LogP contribution in [0.3, 0.4) is 0 Å². The maximum Gasteiger partial charge on any atom is 0.383 e. The number of alkyl halides is 4. The number of carbonyl (C=O) groups is 2. The van der Waals surface area contributed by atoms with Crippen molar-refractivity contribution in [3.8, 4) is 0 Å². The molecule has 94 valence electrons. The van der Waals surface area contributed by atoms with E-state index in [2.05, 4.69) is 0 Å². The molecule has 0 fully saturated rings. The van der Waals surface area contributed by atoms with Crippen LogP contribution >= 0.6 is 0 Å². The van der Waals surface area contributed by atoms with E-state index in [0.717, 1.165) is 0 Å². The largest absolute Gasteiger partial charge is 0.481 e. The molecule has 0 aromatic rings. The lowest BCUT2D eigenvalue weighted by molar-refractivity contribution is -0.169. The molecule has 0 saturated carbocycles. The van der Waals surface area contributed by atoms with Crippen molar-refractivity contribution in [1.29, 1.82) is 0 Å². The van der Waals surface area contributed by atoms with Crippen molar-refractivity contribution in [2.45, 2.75) is 25.7 Å². The van der Waals surface area contributed by atoms with Crippen molar-refractivity contribution in [2.24, 2.45) is 5.92 Å². The number of carbonyl (C=O) groups excluding carboxylic acids is 1. The highest BCUT2D eigenvalue weighted by molar-refractivity contribution is 5.84. The second kappa shape index (κ2) is 5.66. The Kier molecular flexibility index (Phi) is 5.19. The van der Waals surface area contributed by atoms with Gasteiger partial charge in [-0.25, -0.2) is 8.78 Å². The summed E-state index contributed by atoms with van der Waals surface area (Å²) in [5.74, 6) is -9.32. The van der Waals surface area contributed by atoms with Crippen LogP contribution in [0, 0.1) is 5.92 Å². The summed E-state index contributed by atoms with van der Waals surface area (Å²) in [6.07, 6.45) is -4.02. The normalized spacial score (nSPS) is 13.6. The fraction of sp³-hybridized carbons (Fsp3) is 0.750. The number of aliphatic carboxylic acids is 1. The maximum atomic E-state index is 12.4. The van der Waals surface area contributed by atoms with E-state index in [9.17, 15) is 27.2 Å². The fourth-order valence-electron chi connectivity index (χ4n) is 0.839. The van der Waals surface area contributed by atoms with Gasteiger partial charge < -0.3 is 10.4 Å². The standard InChI is InChI=1S/C8H11F4NO3/c1-2-4(5(14)15)3-13-7(16)8(11,12)6(9)10/h4,6H,2-3H2,1H3,(H,13,16)(H,14,15). The van der Waals surface area contributed by atoms with E-state index in [1.807, 2.05) is 0 Å². The SMILES string of the molecule is CCC(CNC(=O)C(F)(F)C(F)F)C(=O)O. The quantitative estimate of drug-likeness (QED) is 0.689. The average molecular weight is 245 g/mol. The van der Waals surface area contributed by atoms with Gasteiger partial charge in [0.2, 0.25) is 0 Å². The molecule has 0 heterocycles. The lowest BCUT2D eigenvalue weighted by atomic mass is 10.1. The Morgan fingerprint density at radius 2 is 1.88 bits per heavy atom. The molecule has 2 N–H and O–H groups in total. The van der Waals surface area contributed by atoms with Crippen molar-refractivity contribution in [1.82, 2.24) is 5.32 Å². The van der Waals surface area contributed by atoms with Crippen LogP contribution < -0.4 is 5.32 Å². The number of amides is 1. The summed E-state index contributed by atoms with van der Waals surface area (Å²) in [5.41, 5.74) is 0. The minimum absolute atomic E-state index is 0.0931. The van der Waals surface area contributed by atoms with E-state index in [1.165, 1.54) is 12.2 Å². The van der Waals surface area contributed by atoms with Gasteiger partial charge in [0, 0.05) is 6.54 Å². The lowest BCUT2D eigenvalue weighted by Gasteiger charge is -2.16. The van der Waals surface area contributed by atoms with Crippen molar-refractivity contribution in [3.05, 3.63) is 0 Å². The third kappa shape index (κ3) is 3.67. The van der Waals surface area contributed by atoms with Crippen molar-refractivity contribution >= 4 is 11.9 Å². The minimum atomic E-state index is -4.79. The first-order valence-electron chi connectivity index (χ1n) is 4.40. The summed E-state index contributed by atoms with van der Waals surface area (Å²) < 4.78 is 48.2. The number of nitrogens with one attached hydrogen (secondary N) is 1. The lowest BCUT2D eigenvalue weighted by Crippen LogP contribution is -2.47. The first-order chi connectivity index (χ1) is 7.23. The van der Waals surface area contributed by atoms with Crippen LogP contribution in [0.2, 0.25) is 0 Å². The van der Waals surface area contributed by atoms with Gasteiger partial charge in [-0.05, 0) is 6.42 Å².